The van der Waals surface area contributed by atoms with Gasteiger partial charge in [-0.2, -0.15) is 0 Å². The number of thioether (sulfide) groups is 1. The predicted octanol–water partition coefficient (Wildman–Crippen LogP) is 6.75. The van der Waals surface area contributed by atoms with Crippen LogP contribution in [0.25, 0.3) is 33.1 Å². The van der Waals surface area contributed by atoms with E-state index in [0.717, 1.165) is 45.0 Å². The number of para-hydroxylation sites is 2. The average Bonchev–Trinajstić information content (AvgIpc) is 2.94. The number of fused-ring (bicyclic) bond motifs is 2. The molecule has 0 atom stereocenters. The van der Waals surface area contributed by atoms with Crippen molar-refractivity contribution in [1.29, 1.82) is 0 Å². The van der Waals surface area contributed by atoms with E-state index in [1.165, 1.54) is 6.07 Å². The van der Waals surface area contributed by atoms with Gasteiger partial charge in [0.15, 0.2) is 0 Å². The van der Waals surface area contributed by atoms with Crippen LogP contribution in [0.1, 0.15) is 23.2 Å². The Morgan fingerprint density at radius 3 is 2.68 bits per heavy atom. The van der Waals surface area contributed by atoms with E-state index in [0.29, 0.717) is 17.4 Å². The maximum absolute atomic E-state index is 12.4. The molecule has 5 rings (SSSR count). The Labute approximate surface area is 218 Å². The molecular weight excluding hydrogens is 486 g/mol. The van der Waals surface area contributed by atoms with Gasteiger partial charge < -0.3 is 13.9 Å². The van der Waals surface area contributed by atoms with Crippen LogP contribution in [0.4, 0.5) is 0 Å². The summed E-state index contributed by atoms with van der Waals surface area (Å²) in [6, 6.07) is 26.7. The summed E-state index contributed by atoms with van der Waals surface area (Å²) in [5.74, 6) is 0.981. The van der Waals surface area contributed by atoms with E-state index in [1.807, 2.05) is 48.5 Å². The summed E-state index contributed by atoms with van der Waals surface area (Å²) in [5.41, 5.74) is 2.50. The fourth-order valence-corrected chi connectivity index (χ4v) is 5.12. The molecule has 186 valence electrons. The zero-order valence-corrected chi connectivity index (χ0v) is 21.1. The molecule has 2 heterocycles. The Morgan fingerprint density at radius 1 is 0.946 bits per heavy atom. The van der Waals surface area contributed by atoms with Crippen LogP contribution >= 0.6 is 11.8 Å². The number of methoxy groups -OCH3 is 1. The molecule has 0 amide bonds. The molecule has 7 heteroatoms. The van der Waals surface area contributed by atoms with Crippen molar-refractivity contribution in [2.75, 3.05) is 19.5 Å². The van der Waals surface area contributed by atoms with E-state index >= 15 is 0 Å². The Kier molecular flexibility index (Phi) is 7.51. The summed E-state index contributed by atoms with van der Waals surface area (Å²) < 4.78 is 16.0. The number of benzene rings is 3. The standard InChI is InChI=1S/C30H25NO5S/c1-34-22-11-8-10-20(17-22)26-19-28(23-12-3-4-13-25(23)31-26)37-16-7-6-15-35-29(32)24-18-21-9-2-5-14-27(21)36-30(24)33/h2-5,8-14,17-19H,6-7,15-16H2,1H3. The maximum atomic E-state index is 12.4. The number of hydrogen-bond acceptors (Lipinski definition) is 7. The number of ether oxygens (including phenoxy) is 2. The molecule has 0 bridgehead atoms. The van der Waals surface area contributed by atoms with Gasteiger partial charge in [-0.1, -0.05) is 48.5 Å². The topological polar surface area (TPSA) is 78.6 Å². The fourth-order valence-electron chi connectivity index (χ4n) is 4.03. The van der Waals surface area contributed by atoms with Gasteiger partial charge in [-0.3, -0.25) is 0 Å². The second-order valence-electron chi connectivity index (χ2n) is 8.43. The van der Waals surface area contributed by atoms with Crippen LogP contribution in [0.15, 0.2) is 99.0 Å². The third-order valence-electron chi connectivity index (χ3n) is 5.93. The number of unbranched alkanes of at least 4 members (excludes halogenated alkanes) is 1. The minimum Gasteiger partial charge on any atom is -0.497 e. The average molecular weight is 512 g/mol. The highest BCUT2D eigenvalue weighted by Crippen LogP contribution is 2.33. The van der Waals surface area contributed by atoms with Crippen molar-refractivity contribution in [3.63, 3.8) is 0 Å². The zero-order chi connectivity index (χ0) is 25.6. The van der Waals surface area contributed by atoms with Crippen molar-refractivity contribution < 1.29 is 18.7 Å². The SMILES string of the molecule is COc1cccc(-c2cc(SCCCCOC(=O)c3cc4ccccc4oc3=O)c3ccccc3n2)c1. The van der Waals surface area contributed by atoms with E-state index in [4.69, 9.17) is 18.9 Å². The number of hydrogen-bond donors (Lipinski definition) is 0. The number of aromatic nitrogens is 1. The van der Waals surface area contributed by atoms with Gasteiger partial charge in [0.1, 0.15) is 16.9 Å². The van der Waals surface area contributed by atoms with Crippen LogP contribution in [0.3, 0.4) is 0 Å². The molecule has 0 fully saturated rings. The second kappa shape index (κ2) is 11.3. The largest absolute Gasteiger partial charge is 0.497 e. The first-order valence-corrected chi connectivity index (χ1v) is 13.0. The number of pyridine rings is 1. The van der Waals surface area contributed by atoms with Crippen molar-refractivity contribution in [1.82, 2.24) is 4.98 Å². The first-order chi connectivity index (χ1) is 18.1. The lowest BCUT2D eigenvalue weighted by molar-refractivity contribution is 0.0495. The molecule has 2 aromatic heterocycles. The number of nitrogens with zero attached hydrogens (tertiary/aromatic N) is 1. The number of carbonyl (C=O) groups is 1. The molecule has 6 nitrogen and oxygen atoms in total. The summed E-state index contributed by atoms with van der Waals surface area (Å²) in [5, 5.41) is 1.79. The molecule has 0 N–H and O–H groups in total. The number of esters is 1. The highest BCUT2D eigenvalue weighted by molar-refractivity contribution is 7.99. The summed E-state index contributed by atoms with van der Waals surface area (Å²) in [6.07, 6.45) is 1.53. The van der Waals surface area contributed by atoms with Crippen LogP contribution in [-0.4, -0.2) is 30.4 Å². The van der Waals surface area contributed by atoms with Crippen molar-refractivity contribution in [3.05, 3.63) is 101 Å². The summed E-state index contributed by atoms with van der Waals surface area (Å²) >= 11 is 1.75. The van der Waals surface area contributed by atoms with E-state index in [1.54, 1.807) is 37.1 Å². The quantitative estimate of drug-likeness (QED) is 0.0938. The van der Waals surface area contributed by atoms with Gasteiger partial charge >= 0.3 is 11.6 Å². The zero-order valence-electron chi connectivity index (χ0n) is 20.3. The van der Waals surface area contributed by atoms with Gasteiger partial charge in [0, 0.05) is 21.2 Å². The molecule has 3 aromatic carbocycles. The van der Waals surface area contributed by atoms with Gasteiger partial charge in [-0.25, -0.2) is 14.6 Å². The molecule has 37 heavy (non-hydrogen) atoms. The molecule has 0 aliphatic rings. The van der Waals surface area contributed by atoms with E-state index < -0.39 is 11.6 Å². The van der Waals surface area contributed by atoms with Crippen molar-refractivity contribution >= 4 is 39.6 Å². The van der Waals surface area contributed by atoms with Gasteiger partial charge in [0.25, 0.3) is 0 Å². The summed E-state index contributed by atoms with van der Waals surface area (Å²) in [7, 11) is 1.66. The fraction of sp³-hybridized carbons (Fsp3) is 0.167. The lowest BCUT2D eigenvalue weighted by Crippen LogP contribution is -2.17. The van der Waals surface area contributed by atoms with Crippen molar-refractivity contribution in [2.24, 2.45) is 0 Å². The molecule has 5 aromatic rings. The monoisotopic (exact) mass is 511 g/mol. The summed E-state index contributed by atoms with van der Waals surface area (Å²) in [4.78, 5) is 30.6. The Morgan fingerprint density at radius 2 is 1.78 bits per heavy atom. The minimum absolute atomic E-state index is 0.0820. The van der Waals surface area contributed by atoms with Gasteiger partial charge in [0.05, 0.1) is 24.9 Å². The lowest BCUT2D eigenvalue weighted by Gasteiger charge is -2.11. The third-order valence-corrected chi connectivity index (χ3v) is 7.08. The van der Waals surface area contributed by atoms with Crippen LogP contribution < -0.4 is 10.4 Å². The van der Waals surface area contributed by atoms with Crippen molar-refractivity contribution in [2.45, 2.75) is 17.7 Å². The second-order valence-corrected chi connectivity index (χ2v) is 9.57. The maximum Gasteiger partial charge on any atom is 0.351 e. The van der Waals surface area contributed by atoms with Gasteiger partial charge in [-0.15, -0.1) is 11.8 Å². The Hall–Kier alpha value is -4.10. The van der Waals surface area contributed by atoms with Crippen LogP contribution in [0.2, 0.25) is 0 Å². The van der Waals surface area contributed by atoms with Crippen LogP contribution in [0, 0.1) is 0 Å². The van der Waals surface area contributed by atoms with E-state index in [9.17, 15) is 9.59 Å². The number of carbonyl (C=O) groups excluding carboxylic acids is 1. The Bertz CT molecular complexity index is 1630. The van der Waals surface area contributed by atoms with Crippen LogP contribution in [0.5, 0.6) is 5.75 Å². The smallest absolute Gasteiger partial charge is 0.351 e. The molecule has 0 aliphatic carbocycles. The highest BCUT2D eigenvalue weighted by atomic mass is 32.2. The van der Waals surface area contributed by atoms with Gasteiger partial charge in [-0.05, 0) is 55.0 Å². The molecular formula is C30H25NO5S. The predicted molar refractivity (Wildman–Crippen MR) is 146 cm³/mol. The Balaban J connectivity index is 1.20. The number of rotatable bonds is 9. The minimum atomic E-state index is -0.685. The molecule has 0 saturated heterocycles. The molecule has 0 unspecified atom stereocenters. The highest BCUT2D eigenvalue weighted by Gasteiger charge is 2.15. The molecule has 0 saturated carbocycles. The van der Waals surface area contributed by atoms with Crippen molar-refractivity contribution in [3.8, 4) is 17.0 Å². The molecule has 0 radical (unpaired) electrons. The first kappa shape index (κ1) is 24.6. The normalized spacial score (nSPS) is 11.1. The molecule has 0 aliphatic heterocycles. The lowest BCUT2D eigenvalue weighted by atomic mass is 10.1. The van der Waals surface area contributed by atoms with Crippen LogP contribution in [-0.2, 0) is 4.74 Å². The first-order valence-electron chi connectivity index (χ1n) is 12.0. The van der Waals surface area contributed by atoms with E-state index in [2.05, 4.69) is 12.1 Å². The summed E-state index contributed by atoms with van der Waals surface area (Å²) in [6.45, 7) is 0.234. The molecule has 0 spiro atoms. The third kappa shape index (κ3) is 5.67. The van der Waals surface area contributed by atoms with E-state index in [-0.39, 0.29) is 12.2 Å². The van der Waals surface area contributed by atoms with Gasteiger partial charge in [0.2, 0.25) is 0 Å².